The molecule has 0 fully saturated rings. The molecule has 0 saturated heterocycles. The Morgan fingerprint density at radius 3 is 2.35 bits per heavy atom. The Hall–Kier alpha value is -1.51. The summed E-state index contributed by atoms with van der Waals surface area (Å²) in [6.07, 6.45) is 1.10. The SMILES string of the molecule is CCOC(=O)CCCOc1ccc(C(C)C(C)C)cc1. The van der Waals surface area contributed by atoms with Gasteiger partial charge in [-0.25, -0.2) is 0 Å². The third-order valence-electron chi connectivity index (χ3n) is 3.51. The van der Waals surface area contributed by atoms with Crippen molar-refractivity contribution in [1.82, 2.24) is 0 Å². The van der Waals surface area contributed by atoms with Crippen LogP contribution in [-0.2, 0) is 9.53 Å². The van der Waals surface area contributed by atoms with Gasteiger partial charge in [-0.1, -0.05) is 32.9 Å². The zero-order chi connectivity index (χ0) is 15.0. The van der Waals surface area contributed by atoms with Gasteiger partial charge in [0.05, 0.1) is 13.2 Å². The quantitative estimate of drug-likeness (QED) is 0.529. The van der Waals surface area contributed by atoms with Crippen molar-refractivity contribution in [2.75, 3.05) is 13.2 Å². The molecule has 1 aromatic carbocycles. The minimum Gasteiger partial charge on any atom is -0.494 e. The maximum Gasteiger partial charge on any atom is 0.305 e. The van der Waals surface area contributed by atoms with Crippen LogP contribution >= 0.6 is 0 Å². The molecular weight excluding hydrogens is 252 g/mol. The van der Waals surface area contributed by atoms with Crippen LogP contribution in [0.5, 0.6) is 5.75 Å². The van der Waals surface area contributed by atoms with Gasteiger partial charge < -0.3 is 9.47 Å². The van der Waals surface area contributed by atoms with Gasteiger partial charge in [0.2, 0.25) is 0 Å². The summed E-state index contributed by atoms with van der Waals surface area (Å²) < 4.78 is 10.5. The van der Waals surface area contributed by atoms with Crippen LogP contribution in [0.2, 0.25) is 0 Å². The molecule has 0 spiro atoms. The lowest BCUT2D eigenvalue weighted by atomic mass is 9.90. The summed E-state index contributed by atoms with van der Waals surface area (Å²) in [5, 5.41) is 0. The number of hydrogen-bond donors (Lipinski definition) is 0. The van der Waals surface area contributed by atoms with E-state index in [1.807, 2.05) is 19.1 Å². The summed E-state index contributed by atoms with van der Waals surface area (Å²) >= 11 is 0. The predicted octanol–water partition coefficient (Wildman–Crippen LogP) is 4.17. The predicted molar refractivity (Wildman–Crippen MR) is 81.1 cm³/mol. The highest BCUT2D eigenvalue weighted by atomic mass is 16.5. The van der Waals surface area contributed by atoms with Crippen LogP contribution in [0.4, 0.5) is 0 Å². The van der Waals surface area contributed by atoms with Gasteiger partial charge in [0.1, 0.15) is 5.75 Å². The van der Waals surface area contributed by atoms with E-state index < -0.39 is 0 Å². The van der Waals surface area contributed by atoms with E-state index in [1.165, 1.54) is 5.56 Å². The van der Waals surface area contributed by atoms with Crippen molar-refractivity contribution in [2.24, 2.45) is 5.92 Å². The summed E-state index contributed by atoms with van der Waals surface area (Å²) in [6, 6.07) is 8.23. The van der Waals surface area contributed by atoms with E-state index in [0.29, 0.717) is 37.9 Å². The monoisotopic (exact) mass is 278 g/mol. The second-order valence-electron chi connectivity index (χ2n) is 5.36. The zero-order valence-electron chi connectivity index (χ0n) is 13.0. The number of rotatable bonds is 8. The van der Waals surface area contributed by atoms with Crippen LogP contribution in [0.3, 0.4) is 0 Å². The van der Waals surface area contributed by atoms with Crippen molar-refractivity contribution in [3.05, 3.63) is 29.8 Å². The third kappa shape index (κ3) is 5.64. The summed E-state index contributed by atoms with van der Waals surface area (Å²) in [5.41, 5.74) is 1.33. The van der Waals surface area contributed by atoms with Gasteiger partial charge in [-0.05, 0) is 42.9 Å². The van der Waals surface area contributed by atoms with Crippen molar-refractivity contribution < 1.29 is 14.3 Å². The van der Waals surface area contributed by atoms with E-state index in [-0.39, 0.29) is 5.97 Å². The highest BCUT2D eigenvalue weighted by molar-refractivity contribution is 5.69. The fourth-order valence-electron chi connectivity index (χ4n) is 1.89. The van der Waals surface area contributed by atoms with E-state index >= 15 is 0 Å². The maximum atomic E-state index is 11.2. The second kappa shape index (κ2) is 8.62. The molecule has 0 aromatic heterocycles. The lowest BCUT2D eigenvalue weighted by molar-refractivity contribution is -0.143. The molecule has 0 aliphatic rings. The Morgan fingerprint density at radius 1 is 1.15 bits per heavy atom. The Morgan fingerprint density at radius 2 is 1.80 bits per heavy atom. The largest absolute Gasteiger partial charge is 0.494 e. The van der Waals surface area contributed by atoms with Gasteiger partial charge in [0, 0.05) is 6.42 Å². The fraction of sp³-hybridized carbons (Fsp3) is 0.588. The molecule has 0 aliphatic carbocycles. The first-order valence-corrected chi connectivity index (χ1v) is 7.43. The van der Waals surface area contributed by atoms with Crippen LogP contribution in [-0.4, -0.2) is 19.2 Å². The van der Waals surface area contributed by atoms with Crippen molar-refractivity contribution >= 4 is 5.97 Å². The van der Waals surface area contributed by atoms with E-state index in [4.69, 9.17) is 9.47 Å². The summed E-state index contributed by atoms with van der Waals surface area (Å²) in [4.78, 5) is 11.2. The first-order valence-electron chi connectivity index (χ1n) is 7.43. The molecule has 1 unspecified atom stereocenters. The van der Waals surface area contributed by atoms with Gasteiger partial charge in [0.25, 0.3) is 0 Å². The molecule has 0 bridgehead atoms. The van der Waals surface area contributed by atoms with Crippen molar-refractivity contribution in [1.29, 1.82) is 0 Å². The molecule has 1 atom stereocenters. The number of carbonyl (C=O) groups excluding carboxylic acids is 1. The van der Waals surface area contributed by atoms with Gasteiger partial charge >= 0.3 is 5.97 Å². The lowest BCUT2D eigenvalue weighted by Gasteiger charge is -2.16. The Labute approximate surface area is 122 Å². The standard InChI is InChI=1S/C17H26O3/c1-5-19-17(18)7-6-12-20-16-10-8-15(9-11-16)14(4)13(2)3/h8-11,13-14H,5-7,12H2,1-4H3. The van der Waals surface area contributed by atoms with Crippen molar-refractivity contribution in [3.8, 4) is 5.75 Å². The van der Waals surface area contributed by atoms with Crippen LogP contribution in [0.15, 0.2) is 24.3 Å². The molecule has 3 nitrogen and oxygen atoms in total. The molecule has 0 amide bonds. The molecule has 0 saturated carbocycles. The zero-order valence-corrected chi connectivity index (χ0v) is 13.0. The molecule has 112 valence electrons. The smallest absolute Gasteiger partial charge is 0.305 e. The Bertz CT molecular complexity index is 395. The first kappa shape index (κ1) is 16.5. The number of esters is 1. The average Bonchev–Trinajstić information content (AvgIpc) is 2.43. The van der Waals surface area contributed by atoms with Gasteiger partial charge in [-0.15, -0.1) is 0 Å². The van der Waals surface area contributed by atoms with Gasteiger partial charge in [0.15, 0.2) is 0 Å². The number of benzene rings is 1. The van der Waals surface area contributed by atoms with Crippen LogP contribution in [0, 0.1) is 5.92 Å². The maximum absolute atomic E-state index is 11.2. The van der Waals surface area contributed by atoms with Crippen LogP contribution < -0.4 is 4.74 Å². The van der Waals surface area contributed by atoms with E-state index in [2.05, 4.69) is 32.9 Å². The first-order chi connectivity index (χ1) is 9.54. The summed E-state index contributed by atoms with van der Waals surface area (Å²) in [6.45, 7) is 9.48. The molecule has 0 aliphatic heterocycles. The van der Waals surface area contributed by atoms with E-state index in [9.17, 15) is 4.79 Å². The van der Waals surface area contributed by atoms with E-state index in [0.717, 1.165) is 5.75 Å². The molecule has 3 heteroatoms. The summed E-state index contributed by atoms with van der Waals surface area (Å²) in [7, 11) is 0. The van der Waals surface area contributed by atoms with Crippen LogP contribution in [0.1, 0.15) is 52.0 Å². The molecule has 20 heavy (non-hydrogen) atoms. The minimum absolute atomic E-state index is 0.155. The molecule has 0 N–H and O–H groups in total. The van der Waals surface area contributed by atoms with Crippen molar-refractivity contribution in [2.45, 2.75) is 46.5 Å². The average molecular weight is 278 g/mol. The van der Waals surface area contributed by atoms with Crippen LogP contribution in [0.25, 0.3) is 0 Å². The second-order valence-corrected chi connectivity index (χ2v) is 5.36. The highest BCUT2D eigenvalue weighted by Gasteiger charge is 2.09. The lowest BCUT2D eigenvalue weighted by Crippen LogP contribution is -2.07. The van der Waals surface area contributed by atoms with E-state index in [1.54, 1.807) is 0 Å². The van der Waals surface area contributed by atoms with Gasteiger partial charge in [-0.2, -0.15) is 0 Å². The minimum atomic E-state index is -0.155. The molecular formula is C17H26O3. The molecule has 0 radical (unpaired) electrons. The summed E-state index contributed by atoms with van der Waals surface area (Å²) in [5.74, 6) is 1.88. The normalized spacial score (nSPS) is 12.2. The molecule has 1 aromatic rings. The molecule has 0 heterocycles. The number of carbonyl (C=O) groups is 1. The van der Waals surface area contributed by atoms with Gasteiger partial charge in [-0.3, -0.25) is 4.79 Å². The number of ether oxygens (including phenoxy) is 2. The fourth-order valence-corrected chi connectivity index (χ4v) is 1.89. The topological polar surface area (TPSA) is 35.5 Å². The molecule has 1 rings (SSSR count). The Balaban J connectivity index is 2.33. The van der Waals surface area contributed by atoms with Crippen molar-refractivity contribution in [3.63, 3.8) is 0 Å². The third-order valence-corrected chi connectivity index (χ3v) is 3.51. The Kier molecular flexibility index (Phi) is 7.13. The highest BCUT2D eigenvalue weighted by Crippen LogP contribution is 2.25. The number of hydrogen-bond acceptors (Lipinski definition) is 3.